The molecule has 0 saturated carbocycles. The maximum absolute atomic E-state index is 12.6. The van der Waals surface area contributed by atoms with Crippen LogP contribution < -0.4 is 16.1 Å². The molecule has 0 atom stereocenters. The van der Waals surface area contributed by atoms with Crippen molar-refractivity contribution in [2.45, 2.75) is 19.8 Å². The van der Waals surface area contributed by atoms with Gasteiger partial charge in [-0.25, -0.2) is 5.43 Å². The van der Waals surface area contributed by atoms with Gasteiger partial charge in [-0.3, -0.25) is 9.59 Å². The monoisotopic (exact) mass is 418 g/mol. The standard InChI is InChI=1S/C23H22N4O2S/c1-15(17-9-5-10-18(13-17)27-12-6-11-21(27)28)25-26-23(29)22-19(24)14-20(30-22)16-7-3-2-4-8-16/h2-5,7-10,13-14H,6,11-12,24H2,1H3,(H,26,29)/b25-15-. The van der Waals surface area contributed by atoms with Crippen LogP contribution in [0.4, 0.5) is 11.4 Å². The highest BCUT2D eigenvalue weighted by molar-refractivity contribution is 7.18. The first kappa shape index (κ1) is 19.8. The number of hydrazone groups is 1. The van der Waals surface area contributed by atoms with Gasteiger partial charge >= 0.3 is 0 Å². The van der Waals surface area contributed by atoms with Crippen molar-refractivity contribution in [1.82, 2.24) is 5.43 Å². The molecule has 0 radical (unpaired) electrons. The van der Waals surface area contributed by atoms with E-state index in [1.54, 1.807) is 4.90 Å². The first-order valence-corrected chi connectivity index (χ1v) is 10.5. The molecule has 1 fully saturated rings. The fourth-order valence-electron chi connectivity index (χ4n) is 3.40. The second kappa shape index (κ2) is 8.51. The molecule has 1 aliphatic rings. The summed E-state index contributed by atoms with van der Waals surface area (Å²) in [4.78, 5) is 27.8. The molecule has 3 aromatic rings. The van der Waals surface area contributed by atoms with E-state index in [-0.39, 0.29) is 11.8 Å². The van der Waals surface area contributed by atoms with E-state index in [0.717, 1.165) is 34.7 Å². The Kier molecular flexibility index (Phi) is 5.63. The van der Waals surface area contributed by atoms with Crippen LogP contribution in [0.5, 0.6) is 0 Å². The van der Waals surface area contributed by atoms with E-state index in [9.17, 15) is 9.59 Å². The lowest BCUT2D eigenvalue weighted by Gasteiger charge is -2.16. The number of amides is 2. The predicted octanol–water partition coefficient (Wildman–Crippen LogP) is 4.28. The molecule has 1 aliphatic heterocycles. The third-order valence-corrected chi connectivity index (χ3v) is 6.20. The second-order valence-electron chi connectivity index (χ2n) is 7.10. The van der Waals surface area contributed by atoms with Crippen LogP contribution in [-0.4, -0.2) is 24.1 Å². The summed E-state index contributed by atoms with van der Waals surface area (Å²) in [5.41, 5.74) is 12.5. The topological polar surface area (TPSA) is 87.8 Å². The third-order valence-electron chi connectivity index (χ3n) is 5.00. The molecule has 152 valence electrons. The molecule has 6 nitrogen and oxygen atoms in total. The first-order chi connectivity index (χ1) is 14.5. The number of nitrogens with zero attached hydrogens (tertiary/aromatic N) is 2. The zero-order valence-corrected chi connectivity index (χ0v) is 17.4. The Labute approximate surface area is 179 Å². The molecule has 1 saturated heterocycles. The molecule has 2 heterocycles. The number of nitrogens with two attached hydrogens (primary N) is 1. The number of anilines is 2. The first-order valence-electron chi connectivity index (χ1n) is 9.73. The van der Waals surface area contributed by atoms with E-state index in [4.69, 9.17) is 5.73 Å². The highest BCUT2D eigenvalue weighted by Crippen LogP contribution is 2.33. The Balaban J connectivity index is 1.49. The van der Waals surface area contributed by atoms with Crippen LogP contribution in [0.2, 0.25) is 0 Å². The summed E-state index contributed by atoms with van der Waals surface area (Å²) in [5.74, 6) is -0.206. The molecule has 7 heteroatoms. The summed E-state index contributed by atoms with van der Waals surface area (Å²) in [6.45, 7) is 2.55. The van der Waals surface area contributed by atoms with Gasteiger partial charge in [0.25, 0.3) is 5.91 Å². The number of nitrogen functional groups attached to an aromatic ring is 1. The third kappa shape index (κ3) is 4.11. The van der Waals surface area contributed by atoms with Gasteiger partial charge in [-0.1, -0.05) is 42.5 Å². The van der Waals surface area contributed by atoms with Crippen molar-refractivity contribution < 1.29 is 9.59 Å². The van der Waals surface area contributed by atoms with E-state index in [2.05, 4.69) is 10.5 Å². The van der Waals surface area contributed by atoms with Crippen molar-refractivity contribution in [2.75, 3.05) is 17.2 Å². The van der Waals surface area contributed by atoms with Gasteiger partial charge in [-0.2, -0.15) is 5.10 Å². The van der Waals surface area contributed by atoms with Crippen molar-refractivity contribution >= 4 is 40.2 Å². The highest BCUT2D eigenvalue weighted by atomic mass is 32.1. The Morgan fingerprint density at radius 3 is 2.67 bits per heavy atom. The van der Waals surface area contributed by atoms with Crippen molar-refractivity contribution in [2.24, 2.45) is 5.10 Å². The van der Waals surface area contributed by atoms with Crippen LogP contribution in [-0.2, 0) is 4.79 Å². The van der Waals surface area contributed by atoms with Crippen LogP contribution in [0.15, 0.2) is 65.8 Å². The Hall–Kier alpha value is -3.45. The minimum atomic E-state index is -0.343. The molecule has 3 N–H and O–H groups in total. The zero-order chi connectivity index (χ0) is 21.1. The molecule has 0 bridgehead atoms. The van der Waals surface area contributed by atoms with E-state index in [0.29, 0.717) is 22.7 Å². The van der Waals surface area contributed by atoms with Gasteiger partial charge in [0.2, 0.25) is 5.91 Å². The van der Waals surface area contributed by atoms with Crippen molar-refractivity contribution in [3.8, 4) is 10.4 Å². The van der Waals surface area contributed by atoms with Gasteiger partial charge in [0, 0.05) is 23.5 Å². The van der Waals surface area contributed by atoms with E-state index in [1.807, 2.05) is 67.6 Å². The quantitative estimate of drug-likeness (QED) is 0.479. The summed E-state index contributed by atoms with van der Waals surface area (Å²) in [6.07, 6.45) is 1.46. The summed E-state index contributed by atoms with van der Waals surface area (Å²) in [7, 11) is 0. The predicted molar refractivity (Wildman–Crippen MR) is 122 cm³/mol. The molecular formula is C23H22N4O2S. The number of carbonyl (C=O) groups excluding carboxylic acids is 2. The summed E-state index contributed by atoms with van der Waals surface area (Å²) in [5, 5.41) is 4.25. The van der Waals surface area contributed by atoms with Gasteiger partial charge in [-0.15, -0.1) is 11.3 Å². The van der Waals surface area contributed by atoms with Crippen LogP contribution in [0.3, 0.4) is 0 Å². The number of nitrogens with one attached hydrogen (secondary N) is 1. The van der Waals surface area contributed by atoms with Gasteiger partial charge in [0.1, 0.15) is 4.88 Å². The molecule has 1 aromatic heterocycles. The highest BCUT2D eigenvalue weighted by Gasteiger charge is 2.22. The lowest BCUT2D eigenvalue weighted by atomic mass is 10.1. The SMILES string of the molecule is C/C(=N/NC(=O)c1sc(-c2ccccc2)cc1N)c1cccc(N2CCCC2=O)c1. The normalized spacial score (nSPS) is 14.2. The largest absolute Gasteiger partial charge is 0.397 e. The van der Waals surface area contributed by atoms with Crippen molar-refractivity contribution in [3.05, 3.63) is 71.1 Å². The van der Waals surface area contributed by atoms with E-state index in [1.165, 1.54) is 11.3 Å². The molecule has 0 spiro atoms. The number of hydrogen-bond acceptors (Lipinski definition) is 5. The van der Waals surface area contributed by atoms with Gasteiger partial charge in [0.05, 0.1) is 11.4 Å². The minimum Gasteiger partial charge on any atom is -0.397 e. The molecule has 2 aromatic carbocycles. The number of thiophene rings is 1. The number of benzene rings is 2. The number of hydrogen-bond donors (Lipinski definition) is 2. The Bertz CT molecular complexity index is 1120. The number of rotatable bonds is 5. The Morgan fingerprint density at radius 2 is 1.93 bits per heavy atom. The average molecular weight is 419 g/mol. The van der Waals surface area contributed by atoms with Crippen LogP contribution in [0.1, 0.15) is 35.0 Å². The van der Waals surface area contributed by atoms with Crippen LogP contribution in [0.25, 0.3) is 10.4 Å². The van der Waals surface area contributed by atoms with Gasteiger partial charge in [-0.05, 0) is 42.7 Å². The van der Waals surface area contributed by atoms with Gasteiger partial charge in [0.15, 0.2) is 0 Å². The Morgan fingerprint density at radius 1 is 1.13 bits per heavy atom. The molecule has 2 amide bonds. The zero-order valence-electron chi connectivity index (χ0n) is 16.6. The van der Waals surface area contributed by atoms with Crippen LogP contribution >= 0.6 is 11.3 Å². The molecule has 0 aliphatic carbocycles. The van der Waals surface area contributed by atoms with Crippen molar-refractivity contribution in [1.29, 1.82) is 0 Å². The fourth-order valence-corrected chi connectivity index (χ4v) is 4.37. The molecule has 4 rings (SSSR count). The summed E-state index contributed by atoms with van der Waals surface area (Å²) >= 11 is 1.34. The van der Waals surface area contributed by atoms with Gasteiger partial charge < -0.3 is 10.6 Å². The van der Waals surface area contributed by atoms with Crippen molar-refractivity contribution in [3.63, 3.8) is 0 Å². The second-order valence-corrected chi connectivity index (χ2v) is 8.15. The average Bonchev–Trinajstić information content (AvgIpc) is 3.38. The maximum atomic E-state index is 12.6. The van der Waals surface area contributed by atoms with E-state index >= 15 is 0 Å². The fraction of sp³-hybridized carbons (Fsp3) is 0.174. The summed E-state index contributed by atoms with van der Waals surface area (Å²) in [6, 6.07) is 19.2. The lowest BCUT2D eigenvalue weighted by Crippen LogP contribution is -2.24. The maximum Gasteiger partial charge on any atom is 0.283 e. The smallest absolute Gasteiger partial charge is 0.283 e. The summed E-state index contributed by atoms with van der Waals surface area (Å²) < 4.78 is 0. The van der Waals surface area contributed by atoms with E-state index < -0.39 is 0 Å². The molecular weight excluding hydrogens is 396 g/mol. The molecule has 0 unspecified atom stereocenters. The molecule has 30 heavy (non-hydrogen) atoms. The lowest BCUT2D eigenvalue weighted by molar-refractivity contribution is -0.117. The number of carbonyl (C=O) groups is 2. The van der Waals surface area contributed by atoms with Crippen LogP contribution in [0, 0.1) is 0 Å². The minimum absolute atomic E-state index is 0.137.